The van der Waals surface area contributed by atoms with Crippen LogP contribution in [0.3, 0.4) is 0 Å². The van der Waals surface area contributed by atoms with Gasteiger partial charge in [0.15, 0.2) is 5.82 Å². The van der Waals surface area contributed by atoms with Crippen molar-refractivity contribution >= 4 is 33.3 Å². The molecule has 1 aliphatic heterocycles. The van der Waals surface area contributed by atoms with Crippen molar-refractivity contribution < 1.29 is 4.79 Å². The summed E-state index contributed by atoms with van der Waals surface area (Å²) in [7, 11) is 0. The zero-order valence-corrected chi connectivity index (χ0v) is 17.9. The quantitative estimate of drug-likeness (QED) is 0.602. The van der Waals surface area contributed by atoms with E-state index in [2.05, 4.69) is 55.4 Å². The first-order valence-corrected chi connectivity index (χ1v) is 10.6. The van der Waals surface area contributed by atoms with Crippen molar-refractivity contribution in [1.82, 2.24) is 10.2 Å². The van der Waals surface area contributed by atoms with Crippen LogP contribution in [0.2, 0.25) is 0 Å². The number of carbonyl (C=O) groups excluding carboxylic acids is 1. The van der Waals surface area contributed by atoms with E-state index in [9.17, 15) is 4.79 Å². The van der Waals surface area contributed by atoms with Crippen molar-refractivity contribution in [3.8, 4) is 11.3 Å². The van der Waals surface area contributed by atoms with Crippen LogP contribution in [0.5, 0.6) is 0 Å². The number of hydrogen-bond acceptors (Lipinski definition) is 4. The largest absolute Gasteiger partial charge is 0.354 e. The maximum atomic E-state index is 12.7. The molecule has 1 N–H and O–H groups in total. The van der Waals surface area contributed by atoms with Gasteiger partial charge in [0.1, 0.15) is 0 Å². The SMILES string of the molecule is Cc1ccccc1-c1ccc(N2CCCC(C(=O)Nc3cccc(Br)c3)C2)nn1. The molecule has 0 spiro atoms. The molecule has 2 aromatic carbocycles. The Bertz CT molecular complexity index is 1010. The molecule has 5 nitrogen and oxygen atoms in total. The molecule has 2 heterocycles. The van der Waals surface area contributed by atoms with Gasteiger partial charge in [-0.1, -0.05) is 46.3 Å². The van der Waals surface area contributed by atoms with Gasteiger partial charge in [0.25, 0.3) is 0 Å². The van der Waals surface area contributed by atoms with Crippen LogP contribution >= 0.6 is 15.9 Å². The van der Waals surface area contributed by atoms with Gasteiger partial charge in [-0.05, 0) is 55.7 Å². The lowest BCUT2D eigenvalue weighted by Crippen LogP contribution is -2.41. The Morgan fingerprint density at radius 1 is 1.10 bits per heavy atom. The van der Waals surface area contributed by atoms with E-state index >= 15 is 0 Å². The standard InChI is InChI=1S/C23H23BrN4O/c1-16-6-2-3-10-20(16)21-11-12-22(27-26-21)28-13-5-7-17(15-28)23(29)25-19-9-4-8-18(24)14-19/h2-4,6,8-12,14,17H,5,7,13,15H2,1H3,(H,25,29). The maximum absolute atomic E-state index is 12.7. The smallest absolute Gasteiger partial charge is 0.229 e. The molecule has 1 aliphatic rings. The molecular weight excluding hydrogens is 428 g/mol. The highest BCUT2D eigenvalue weighted by molar-refractivity contribution is 9.10. The molecular formula is C23H23BrN4O. The number of anilines is 2. The average molecular weight is 451 g/mol. The molecule has 0 saturated carbocycles. The summed E-state index contributed by atoms with van der Waals surface area (Å²) in [5, 5.41) is 11.9. The molecule has 4 rings (SSSR count). The van der Waals surface area contributed by atoms with E-state index in [0.717, 1.165) is 46.6 Å². The highest BCUT2D eigenvalue weighted by atomic mass is 79.9. The highest BCUT2D eigenvalue weighted by Gasteiger charge is 2.27. The number of aromatic nitrogens is 2. The van der Waals surface area contributed by atoms with Gasteiger partial charge in [0.05, 0.1) is 11.6 Å². The summed E-state index contributed by atoms with van der Waals surface area (Å²) in [5.74, 6) is 0.806. The van der Waals surface area contributed by atoms with Gasteiger partial charge in [0.2, 0.25) is 5.91 Å². The summed E-state index contributed by atoms with van der Waals surface area (Å²) in [6.45, 7) is 3.61. The summed E-state index contributed by atoms with van der Waals surface area (Å²) < 4.78 is 0.949. The lowest BCUT2D eigenvalue weighted by Gasteiger charge is -2.32. The van der Waals surface area contributed by atoms with Gasteiger partial charge in [0, 0.05) is 28.8 Å². The fraction of sp³-hybridized carbons (Fsp3) is 0.261. The van der Waals surface area contributed by atoms with Crippen LogP contribution < -0.4 is 10.2 Å². The maximum Gasteiger partial charge on any atom is 0.229 e. The Morgan fingerprint density at radius 2 is 1.97 bits per heavy atom. The predicted molar refractivity (Wildman–Crippen MR) is 120 cm³/mol. The molecule has 6 heteroatoms. The first-order chi connectivity index (χ1) is 14.1. The topological polar surface area (TPSA) is 58.1 Å². The van der Waals surface area contributed by atoms with Crippen LogP contribution in [-0.4, -0.2) is 29.2 Å². The number of piperidine rings is 1. The molecule has 1 atom stereocenters. The summed E-state index contributed by atoms with van der Waals surface area (Å²) in [5.41, 5.74) is 3.95. The Hall–Kier alpha value is -2.73. The number of halogens is 1. The second-order valence-corrected chi connectivity index (χ2v) is 8.29. The van der Waals surface area contributed by atoms with Gasteiger partial charge in [-0.25, -0.2) is 0 Å². The van der Waals surface area contributed by atoms with Crippen LogP contribution in [0.1, 0.15) is 18.4 Å². The lowest BCUT2D eigenvalue weighted by atomic mass is 9.97. The molecule has 1 fully saturated rings. The van der Waals surface area contributed by atoms with E-state index in [1.807, 2.05) is 48.5 Å². The summed E-state index contributed by atoms with van der Waals surface area (Å²) in [6.07, 6.45) is 1.84. The van der Waals surface area contributed by atoms with E-state index in [1.54, 1.807) is 0 Å². The molecule has 1 unspecified atom stereocenters. The second kappa shape index (κ2) is 8.74. The minimum absolute atomic E-state index is 0.0530. The Kier molecular flexibility index (Phi) is 5.90. The number of benzene rings is 2. The van der Waals surface area contributed by atoms with E-state index in [1.165, 1.54) is 5.56 Å². The highest BCUT2D eigenvalue weighted by Crippen LogP contribution is 2.26. The van der Waals surface area contributed by atoms with Crippen LogP contribution in [0.25, 0.3) is 11.3 Å². The monoisotopic (exact) mass is 450 g/mol. The third kappa shape index (κ3) is 4.65. The van der Waals surface area contributed by atoms with Crippen molar-refractivity contribution in [3.63, 3.8) is 0 Å². The Balaban J connectivity index is 1.44. The van der Waals surface area contributed by atoms with Gasteiger partial charge >= 0.3 is 0 Å². The normalized spacial score (nSPS) is 16.5. The van der Waals surface area contributed by atoms with Gasteiger partial charge in [-0.2, -0.15) is 0 Å². The van der Waals surface area contributed by atoms with E-state index < -0.39 is 0 Å². The van der Waals surface area contributed by atoms with Gasteiger partial charge in [-0.3, -0.25) is 4.79 Å². The molecule has 1 saturated heterocycles. The number of nitrogens with zero attached hydrogens (tertiary/aromatic N) is 3. The third-order valence-electron chi connectivity index (χ3n) is 5.28. The Labute approximate surface area is 179 Å². The molecule has 3 aromatic rings. The lowest BCUT2D eigenvalue weighted by molar-refractivity contribution is -0.120. The molecule has 29 heavy (non-hydrogen) atoms. The summed E-state index contributed by atoms with van der Waals surface area (Å²) in [6, 6.07) is 19.8. The first-order valence-electron chi connectivity index (χ1n) is 9.81. The molecule has 0 radical (unpaired) electrons. The number of carbonyl (C=O) groups is 1. The fourth-order valence-electron chi connectivity index (χ4n) is 3.71. The Morgan fingerprint density at radius 3 is 2.72 bits per heavy atom. The summed E-state index contributed by atoms with van der Waals surface area (Å²) >= 11 is 3.44. The summed E-state index contributed by atoms with van der Waals surface area (Å²) in [4.78, 5) is 14.9. The number of rotatable bonds is 4. The van der Waals surface area contributed by atoms with Crippen molar-refractivity contribution in [3.05, 3.63) is 70.7 Å². The third-order valence-corrected chi connectivity index (χ3v) is 5.77. The first kappa shape index (κ1) is 19.6. The van der Waals surface area contributed by atoms with Crippen molar-refractivity contribution in [1.29, 1.82) is 0 Å². The van der Waals surface area contributed by atoms with E-state index in [-0.39, 0.29) is 11.8 Å². The minimum atomic E-state index is -0.0689. The number of nitrogens with one attached hydrogen (secondary N) is 1. The molecule has 0 bridgehead atoms. The van der Waals surface area contributed by atoms with Crippen molar-refractivity contribution in [2.45, 2.75) is 19.8 Å². The second-order valence-electron chi connectivity index (χ2n) is 7.38. The molecule has 148 valence electrons. The minimum Gasteiger partial charge on any atom is -0.354 e. The van der Waals surface area contributed by atoms with Crippen LogP contribution in [-0.2, 0) is 4.79 Å². The number of hydrogen-bond donors (Lipinski definition) is 1. The van der Waals surface area contributed by atoms with Crippen LogP contribution in [0.15, 0.2) is 65.1 Å². The van der Waals surface area contributed by atoms with Gasteiger partial charge < -0.3 is 10.2 Å². The van der Waals surface area contributed by atoms with E-state index in [4.69, 9.17) is 0 Å². The number of amides is 1. The van der Waals surface area contributed by atoms with Crippen molar-refractivity contribution in [2.75, 3.05) is 23.3 Å². The van der Waals surface area contributed by atoms with Crippen LogP contribution in [0.4, 0.5) is 11.5 Å². The zero-order valence-electron chi connectivity index (χ0n) is 16.3. The molecule has 1 aromatic heterocycles. The number of aryl methyl sites for hydroxylation is 1. The molecule has 1 amide bonds. The van der Waals surface area contributed by atoms with Crippen molar-refractivity contribution in [2.24, 2.45) is 5.92 Å². The predicted octanol–water partition coefficient (Wildman–Crippen LogP) is 5.07. The average Bonchev–Trinajstić information content (AvgIpc) is 2.74. The zero-order chi connectivity index (χ0) is 20.2. The van der Waals surface area contributed by atoms with Gasteiger partial charge in [-0.15, -0.1) is 10.2 Å². The van der Waals surface area contributed by atoms with Crippen LogP contribution in [0, 0.1) is 12.8 Å². The molecule has 0 aliphatic carbocycles. The van der Waals surface area contributed by atoms with E-state index in [0.29, 0.717) is 6.54 Å². The fourth-order valence-corrected chi connectivity index (χ4v) is 4.11.